The maximum Gasteiger partial charge on any atom is 0.109 e. The van der Waals surface area contributed by atoms with Crippen molar-refractivity contribution in [3.05, 3.63) is 76.2 Å². The molecule has 3 rings (SSSR count). The van der Waals surface area contributed by atoms with Gasteiger partial charge in [0.05, 0.1) is 6.04 Å². The molecule has 2 nitrogen and oxygen atoms in total. The van der Waals surface area contributed by atoms with E-state index < -0.39 is 0 Å². The molecule has 0 aliphatic rings. The van der Waals surface area contributed by atoms with E-state index in [2.05, 4.69) is 46.9 Å². The van der Waals surface area contributed by atoms with Crippen LogP contribution in [0.25, 0.3) is 0 Å². The molecule has 0 saturated heterocycles. The molecule has 0 radical (unpaired) electrons. The molecule has 0 spiro atoms. The first kappa shape index (κ1) is 17.9. The fourth-order valence-electron chi connectivity index (χ4n) is 1.78. The maximum absolute atomic E-state index is 4.47. The molecule has 0 amide bonds. The van der Waals surface area contributed by atoms with E-state index in [1.807, 2.05) is 37.3 Å². The smallest absolute Gasteiger partial charge is 0.109 e. The Morgan fingerprint density at radius 2 is 1.95 bits per heavy atom. The first-order chi connectivity index (χ1) is 9.75. The van der Waals surface area contributed by atoms with Crippen LogP contribution in [0.5, 0.6) is 0 Å². The minimum atomic E-state index is 0. The second kappa shape index (κ2) is 9.69. The number of hydrogen-bond acceptors (Lipinski definition) is 3. The largest absolute Gasteiger partial charge is 0.748 e. The number of nitrogens with one attached hydrogen (secondary N) is 1. The predicted octanol–water partition coefficient (Wildman–Crippen LogP) is 4.42. The maximum atomic E-state index is 4.47. The molecular formula is C17H20FeN2S-6. The van der Waals surface area contributed by atoms with Gasteiger partial charge < -0.3 is 35.1 Å². The minimum absolute atomic E-state index is 0. The van der Waals surface area contributed by atoms with Crippen molar-refractivity contribution in [3.63, 3.8) is 0 Å². The Hall–Kier alpha value is -1.19. The van der Waals surface area contributed by atoms with Crippen LogP contribution in [-0.4, -0.2) is 4.98 Å². The third kappa shape index (κ3) is 6.40. The molecule has 3 aromatic rings. The summed E-state index contributed by atoms with van der Waals surface area (Å²) in [5.41, 5.74) is 2.44. The second-order valence-corrected chi connectivity index (χ2v) is 5.57. The van der Waals surface area contributed by atoms with Gasteiger partial charge in [-0.2, -0.15) is 24.7 Å². The first-order valence-corrected chi connectivity index (χ1v) is 7.66. The van der Waals surface area contributed by atoms with E-state index in [1.54, 1.807) is 11.3 Å². The van der Waals surface area contributed by atoms with Gasteiger partial charge >= 0.3 is 0 Å². The zero-order valence-corrected chi connectivity index (χ0v) is 14.2. The third-order valence-electron chi connectivity index (χ3n) is 2.91. The van der Waals surface area contributed by atoms with Gasteiger partial charge in [-0.15, -0.1) is 11.3 Å². The monoisotopic (exact) mass is 340 g/mol. The normalized spacial score (nSPS) is 11.1. The van der Waals surface area contributed by atoms with Crippen molar-refractivity contribution in [2.75, 3.05) is 0 Å². The molecule has 21 heavy (non-hydrogen) atoms. The van der Waals surface area contributed by atoms with Gasteiger partial charge in [0.15, 0.2) is 0 Å². The average molecular weight is 340 g/mol. The molecule has 1 N–H and O–H groups in total. The topological polar surface area (TPSA) is 24.9 Å². The number of rotatable bonds is 4. The molecule has 1 heterocycles. The number of thiazole rings is 1. The fraction of sp³-hybridized carbons (Fsp3) is 0.235. The van der Waals surface area contributed by atoms with Crippen LogP contribution in [-0.2, 0) is 23.6 Å². The van der Waals surface area contributed by atoms with Crippen LogP contribution in [0.4, 0.5) is 0 Å². The van der Waals surface area contributed by atoms with Crippen molar-refractivity contribution in [1.82, 2.24) is 10.3 Å². The molecule has 0 aliphatic carbocycles. The van der Waals surface area contributed by atoms with Gasteiger partial charge in [-0.25, -0.2) is 17.1 Å². The molecule has 1 aromatic heterocycles. The number of nitrogens with zero attached hydrogens (tertiary/aromatic N) is 1. The Bertz CT molecular complexity index is 553. The molecule has 0 fully saturated rings. The summed E-state index contributed by atoms with van der Waals surface area (Å²) in [6.45, 7) is 5.10. The average Bonchev–Trinajstić information content (AvgIpc) is 3.19. The van der Waals surface area contributed by atoms with Crippen molar-refractivity contribution in [2.24, 2.45) is 0 Å². The van der Waals surface area contributed by atoms with Crippen molar-refractivity contribution in [1.29, 1.82) is 0 Å². The Morgan fingerprint density at radius 1 is 1.29 bits per heavy atom. The molecule has 2 aromatic carbocycles. The molecule has 1 unspecified atom stereocenters. The summed E-state index contributed by atoms with van der Waals surface area (Å²) in [5.74, 6) is 0. The van der Waals surface area contributed by atoms with Crippen LogP contribution >= 0.6 is 11.3 Å². The molecule has 0 aliphatic heterocycles. The zero-order valence-electron chi connectivity index (χ0n) is 12.3. The standard InChI is InChI=1S/C12H15N2S.C5H5.Fe/c1-9-8-15-12(14-9)10(2)13-7-11-5-3-4-6-11;1-2-4-5-3-1;/h3-6,8,10,13H,7H2,1-2H3;1-5H;/q-5;-1;. The summed E-state index contributed by atoms with van der Waals surface area (Å²) in [5, 5.41) is 6.72. The van der Waals surface area contributed by atoms with Gasteiger partial charge in [0.2, 0.25) is 0 Å². The Kier molecular flexibility index (Phi) is 8.24. The third-order valence-corrected chi connectivity index (χ3v) is 4.05. The molecule has 0 bridgehead atoms. The fourth-order valence-corrected chi connectivity index (χ4v) is 2.61. The Balaban J connectivity index is 0.000000313. The first-order valence-electron chi connectivity index (χ1n) is 6.78. The van der Waals surface area contributed by atoms with Crippen LogP contribution in [0.3, 0.4) is 0 Å². The van der Waals surface area contributed by atoms with E-state index in [1.165, 1.54) is 10.6 Å². The van der Waals surface area contributed by atoms with Crippen molar-refractivity contribution in [3.8, 4) is 0 Å². The summed E-state index contributed by atoms with van der Waals surface area (Å²) in [6, 6.07) is 18.7. The van der Waals surface area contributed by atoms with E-state index in [-0.39, 0.29) is 17.1 Å². The van der Waals surface area contributed by atoms with Gasteiger partial charge in [-0.05, 0) is 13.8 Å². The van der Waals surface area contributed by atoms with Gasteiger partial charge in [0, 0.05) is 28.1 Å². The number of hydrogen-bond donors (Lipinski definition) is 1. The summed E-state index contributed by atoms with van der Waals surface area (Å²) in [4.78, 5) is 4.47. The van der Waals surface area contributed by atoms with Crippen LogP contribution < -0.4 is 5.32 Å². The molecule has 0 saturated carbocycles. The Morgan fingerprint density at radius 3 is 2.43 bits per heavy atom. The molecule has 1 atom stereocenters. The Labute approximate surface area is 141 Å². The van der Waals surface area contributed by atoms with E-state index in [0.29, 0.717) is 6.04 Å². The van der Waals surface area contributed by atoms with Crippen LogP contribution in [0.1, 0.15) is 29.2 Å². The summed E-state index contributed by atoms with van der Waals surface area (Å²) in [7, 11) is 0. The second-order valence-electron chi connectivity index (χ2n) is 4.69. The summed E-state index contributed by atoms with van der Waals surface area (Å²) < 4.78 is 0. The summed E-state index contributed by atoms with van der Waals surface area (Å²) in [6.07, 6.45) is 0. The van der Waals surface area contributed by atoms with E-state index in [9.17, 15) is 0 Å². The van der Waals surface area contributed by atoms with E-state index in [4.69, 9.17) is 0 Å². The van der Waals surface area contributed by atoms with Crippen molar-refractivity contribution < 1.29 is 17.1 Å². The number of aromatic nitrogens is 1. The SMILES string of the molecule is Cc1csc(C(C)NC[c-]2[cH-][cH-][cH-][cH-]2)n1.[Fe].c1cc[cH-]c1. The van der Waals surface area contributed by atoms with Crippen LogP contribution in [0.15, 0.2) is 60.0 Å². The van der Waals surface area contributed by atoms with Crippen molar-refractivity contribution >= 4 is 11.3 Å². The van der Waals surface area contributed by atoms with Crippen LogP contribution in [0, 0.1) is 6.92 Å². The van der Waals surface area contributed by atoms with E-state index >= 15 is 0 Å². The van der Waals surface area contributed by atoms with Gasteiger partial charge in [-0.1, -0.05) is 0 Å². The predicted molar refractivity (Wildman–Crippen MR) is 86.2 cm³/mol. The molecular weight excluding hydrogens is 320 g/mol. The van der Waals surface area contributed by atoms with Gasteiger partial charge in [0.25, 0.3) is 0 Å². The van der Waals surface area contributed by atoms with Gasteiger partial charge in [-0.3, -0.25) is 0 Å². The van der Waals surface area contributed by atoms with Gasteiger partial charge in [0.1, 0.15) is 5.01 Å². The van der Waals surface area contributed by atoms with E-state index in [0.717, 1.165) is 12.2 Å². The molecule has 4 heteroatoms. The number of aryl methyl sites for hydroxylation is 1. The van der Waals surface area contributed by atoms with Crippen LogP contribution in [0.2, 0.25) is 0 Å². The molecule has 118 valence electrons. The minimum Gasteiger partial charge on any atom is -0.748 e. The zero-order chi connectivity index (χ0) is 14.2. The quantitative estimate of drug-likeness (QED) is 0.562. The summed E-state index contributed by atoms with van der Waals surface area (Å²) >= 11 is 1.72. The van der Waals surface area contributed by atoms with Crippen molar-refractivity contribution in [2.45, 2.75) is 26.4 Å².